The molecule has 1 aliphatic heterocycles. The Morgan fingerprint density at radius 3 is 2.70 bits per heavy atom. The number of carbonyl (C=O) groups excluding carboxylic acids is 3. The number of benzene rings is 1. The van der Waals surface area contributed by atoms with E-state index in [0.29, 0.717) is 29.2 Å². The van der Waals surface area contributed by atoms with Crippen molar-refractivity contribution < 1.29 is 14.4 Å². The fourth-order valence-electron chi connectivity index (χ4n) is 3.43. The van der Waals surface area contributed by atoms with Crippen LogP contribution in [0.1, 0.15) is 36.2 Å². The summed E-state index contributed by atoms with van der Waals surface area (Å²) in [5, 5.41) is 9.88. The van der Waals surface area contributed by atoms with E-state index in [-0.39, 0.29) is 11.9 Å². The molecule has 1 saturated heterocycles. The van der Waals surface area contributed by atoms with Crippen LogP contribution < -0.4 is 15.5 Å². The first-order valence-corrected chi connectivity index (χ1v) is 9.95. The van der Waals surface area contributed by atoms with Crippen molar-refractivity contribution in [2.45, 2.75) is 26.3 Å². The van der Waals surface area contributed by atoms with Crippen molar-refractivity contribution >= 4 is 41.1 Å². The quantitative estimate of drug-likeness (QED) is 0.710. The molecule has 0 radical (unpaired) electrons. The molecule has 3 amide bonds. The van der Waals surface area contributed by atoms with Crippen LogP contribution in [0, 0.1) is 0 Å². The Hall–Kier alpha value is -3.13. The summed E-state index contributed by atoms with van der Waals surface area (Å²) in [5.74, 6) is -1.02. The molecular weight excluding hydrogens is 406 g/mol. The lowest BCUT2D eigenvalue weighted by Crippen LogP contribution is -2.37. The molecule has 158 valence electrons. The minimum Gasteiger partial charge on any atom is -0.368 e. The van der Waals surface area contributed by atoms with Crippen molar-refractivity contribution in [2.75, 3.05) is 18.0 Å². The Kier molecular flexibility index (Phi) is 6.56. The third-order valence-corrected chi connectivity index (χ3v) is 5.15. The average molecular weight is 430 g/mol. The lowest BCUT2D eigenvalue weighted by atomic mass is 10.1. The predicted octanol–water partition coefficient (Wildman–Crippen LogP) is 2.15. The molecule has 30 heavy (non-hydrogen) atoms. The molecule has 2 heterocycles. The molecule has 0 spiro atoms. The van der Waals surface area contributed by atoms with Crippen molar-refractivity contribution in [1.82, 2.24) is 20.4 Å². The van der Waals surface area contributed by atoms with Gasteiger partial charge >= 0.3 is 0 Å². The number of amides is 3. The Balaban J connectivity index is 1.75. The van der Waals surface area contributed by atoms with Crippen molar-refractivity contribution in [3.05, 3.63) is 52.3 Å². The first-order chi connectivity index (χ1) is 14.2. The summed E-state index contributed by atoms with van der Waals surface area (Å²) >= 11 is 6.48. The van der Waals surface area contributed by atoms with Crippen LogP contribution >= 0.6 is 11.6 Å². The minimum atomic E-state index is -0.448. The highest BCUT2D eigenvalue weighted by Gasteiger charge is 2.27. The highest BCUT2D eigenvalue weighted by molar-refractivity contribution is 6.33. The summed E-state index contributed by atoms with van der Waals surface area (Å²) in [5.41, 5.74) is 2.49. The van der Waals surface area contributed by atoms with E-state index in [1.165, 1.54) is 13.1 Å². The molecule has 3 rings (SSSR count). The van der Waals surface area contributed by atoms with E-state index in [1.54, 1.807) is 37.0 Å². The van der Waals surface area contributed by atoms with Crippen molar-refractivity contribution in [3.8, 4) is 0 Å². The molecule has 2 aromatic rings. The summed E-state index contributed by atoms with van der Waals surface area (Å²) in [6.45, 7) is 4.24. The maximum atomic E-state index is 12.4. The molecular formula is C21H24ClN5O3. The zero-order valence-electron chi connectivity index (χ0n) is 17.1. The second kappa shape index (κ2) is 9.13. The highest BCUT2D eigenvalue weighted by atomic mass is 35.5. The van der Waals surface area contributed by atoms with Gasteiger partial charge in [0.1, 0.15) is 0 Å². The van der Waals surface area contributed by atoms with Gasteiger partial charge < -0.3 is 10.2 Å². The number of nitrogens with zero attached hydrogens (tertiary/aromatic N) is 3. The van der Waals surface area contributed by atoms with E-state index in [4.69, 9.17) is 11.6 Å². The maximum absolute atomic E-state index is 12.4. The molecule has 0 unspecified atom stereocenters. The summed E-state index contributed by atoms with van der Waals surface area (Å²) in [7, 11) is 1.76. The van der Waals surface area contributed by atoms with Gasteiger partial charge in [-0.05, 0) is 31.1 Å². The molecule has 8 nitrogen and oxygen atoms in total. The number of aromatic nitrogens is 2. The second-order valence-corrected chi connectivity index (χ2v) is 7.73. The highest BCUT2D eigenvalue weighted by Crippen LogP contribution is 2.34. The smallest absolute Gasteiger partial charge is 0.254 e. The molecule has 2 N–H and O–H groups in total. The molecule has 0 saturated carbocycles. The van der Waals surface area contributed by atoms with E-state index >= 15 is 0 Å². The summed E-state index contributed by atoms with van der Waals surface area (Å²) in [4.78, 5) is 37.7. The molecule has 1 fully saturated rings. The van der Waals surface area contributed by atoms with Gasteiger partial charge in [-0.3, -0.25) is 24.4 Å². The number of anilines is 1. The number of nitrogens with one attached hydrogen (secondary N) is 2. The van der Waals surface area contributed by atoms with Crippen LogP contribution in [0.15, 0.2) is 36.2 Å². The van der Waals surface area contributed by atoms with Crippen LogP contribution in [-0.2, 0) is 16.6 Å². The minimum absolute atomic E-state index is 0.0343. The largest absolute Gasteiger partial charge is 0.368 e. The first kappa shape index (κ1) is 21.6. The van der Waals surface area contributed by atoms with Crippen molar-refractivity contribution in [1.29, 1.82) is 0 Å². The number of para-hydroxylation sites is 1. The van der Waals surface area contributed by atoms with E-state index < -0.39 is 11.8 Å². The standard InChI is InChI=1S/C21H24ClN5O3/c1-13(20(29)24-14(2)28)9-15-5-4-6-18(22)19(15)27-8-7-17(12-27)25-21(30)16-10-23-26(3)11-16/h4-6,9-11,17H,7-8,12H2,1-3H3,(H,25,30)(H,24,28,29)/b13-9+/t17-/m0/s1. The topological polar surface area (TPSA) is 96.3 Å². The van der Waals surface area contributed by atoms with E-state index in [0.717, 1.165) is 17.7 Å². The lowest BCUT2D eigenvalue weighted by Gasteiger charge is -2.23. The zero-order chi connectivity index (χ0) is 21.8. The maximum Gasteiger partial charge on any atom is 0.254 e. The average Bonchev–Trinajstić information content (AvgIpc) is 3.30. The van der Waals surface area contributed by atoms with Gasteiger partial charge in [0.25, 0.3) is 11.8 Å². The van der Waals surface area contributed by atoms with Gasteiger partial charge in [0.2, 0.25) is 5.91 Å². The molecule has 0 aliphatic carbocycles. The van der Waals surface area contributed by atoms with Crippen LogP contribution in [0.4, 0.5) is 5.69 Å². The van der Waals surface area contributed by atoms with Gasteiger partial charge in [0.15, 0.2) is 0 Å². The molecule has 1 aromatic carbocycles. The Labute approximate surface area is 179 Å². The molecule has 1 aromatic heterocycles. The van der Waals surface area contributed by atoms with Crippen LogP contribution in [0.3, 0.4) is 0 Å². The van der Waals surface area contributed by atoms with Crippen LogP contribution in [0.2, 0.25) is 5.02 Å². The van der Waals surface area contributed by atoms with E-state index in [2.05, 4.69) is 20.6 Å². The fourth-order valence-corrected chi connectivity index (χ4v) is 3.73. The third kappa shape index (κ3) is 5.07. The third-order valence-electron chi connectivity index (χ3n) is 4.84. The summed E-state index contributed by atoms with van der Waals surface area (Å²) < 4.78 is 1.59. The number of imide groups is 1. The normalized spacial score (nSPS) is 16.5. The number of hydrogen-bond donors (Lipinski definition) is 2. The number of hydrogen-bond acceptors (Lipinski definition) is 5. The Morgan fingerprint density at radius 1 is 1.27 bits per heavy atom. The van der Waals surface area contributed by atoms with Gasteiger partial charge in [-0.15, -0.1) is 0 Å². The van der Waals surface area contributed by atoms with Crippen molar-refractivity contribution in [2.24, 2.45) is 7.05 Å². The lowest BCUT2D eigenvalue weighted by molar-refractivity contribution is -0.127. The van der Waals surface area contributed by atoms with Crippen LogP contribution in [0.25, 0.3) is 6.08 Å². The van der Waals surface area contributed by atoms with Gasteiger partial charge in [-0.1, -0.05) is 23.7 Å². The molecule has 0 bridgehead atoms. The number of rotatable bonds is 5. The zero-order valence-corrected chi connectivity index (χ0v) is 17.9. The number of aryl methyl sites for hydroxylation is 1. The van der Waals surface area contributed by atoms with Gasteiger partial charge in [-0.2, -0.15) is 5.10 Å². The van der Waals surface area contributed by atoms with Gasteiger partial charge in [0, 0.05) is 44.9 Å². The summed E-state index contributed by atoms with van der Waals surface area (Å²) in [6.07, 6.45) is 5.69. The summed E-state index contributed by atoms with van der Waals surface area (Å²) in [6, 6.07) is 5.44. The van der Waals surface area contributed by atoms with Crippen LogP contribution in [-0.4, -0.2) is 46.6 Å². The van der Waals surface area contributed by atoms with E-state index in [9.17, 15) is 14.4 Å². The SMILES string of the molecule is CC(=O)NC(=O)/C(C)=C/c1cccc(Cl)c1N1CC[C@H](NC(=O)c2cnn(C)c2)C1. The van der Waals surface area contributed by atoms with Gasteiger partial charge in [0.05, 0.1) is 22.5 Å². The number of halogens is 1. The predicted molar refractivity (Wildman–Crippen MR) is 115 cm³/mol. The fraction of sp³-hybridized carbons (Fsp3) is 0.333. The molecule has 9 heteroatoms. The monoisotopic (exact) mass is 429 g/mol. The Morgan fingerprint density at radius 2 is 2.03 bits per heavy atom. The Bertz CT molecular complexity index is 1010. The van der Waals surface area contributed by atoms with Crippen molar-refractivity contribution in [3.63, 3.8) is 0 Å². The molecule has 1 atom stereocenters. The second-order valence-electron chi connectivity index (χ2n) is 7.32. The number of carbonyl (C=O) groups is 3. The first-order valence-electron chi connectivity index (χ1n) is 9.57. The molecule has 1 aliphatic rings. The van der Waals surface area contributed by atoms with Crippen LogP contribution in [0.5, 0.6) is 0 Å². The van der Waals surface area contributed by atoms with Gasteiger partial charge in [-0.25, -0.2) is 0 Å². The van der Waals surface area contributed by atoms with E-state index in [1.807, 2.05) is 12.1 Å².